The van der Waals surface area contributed by atoms with E-state index in [4.69, 9.17) is 4.74 Å². The molecule has 2 aromatic carbocycles. The van der Waals surface area contributed by atoms with E-state index in [1.165, 1.54) is 6.08 Å². The second kappa shape index (κ2) is 7.75. The number of hydrogen-bond donors (Lipinski definition) is 1. The molecule has 27 heavy (non-hydrogen) atoms. The van der Waals surface area contributed by atoms with Crippen molar-refractivity contribution in [3.8, 4) is 5.75 Å². The molecule has 1 aliphatic heterocycles. The predicted molar refractivity (Wildman–Crippen MR) is 105 cm³/mol. The number of urea groups is 1. The van der Waals surface area contributed by atoms with Crippen LogP contribution >= 0.6 is 15.9 Å². The number of carbonyl (C=O) groups is 3. The molecule has 0 aliphatic carbocycles. The summed E-state index contributed by atoms with van der Waals surface area (Å²) in [5, 5.41) is 2.22. The standard InChI is InChI=1S/C20H17BrN2O4/c1-3-27-17-9-6-14(21)10-13(17)11-16-18(24)22-20(26)23(19(16)25)15-7-4-12(2)5-8-15/h4-11H,3H2,1-2H3,(H,22,24,26)/b16-11+. The van der Waals surface area contributed by atoms with E-state index in [9.17, 15) is 14.4 Å². The number of hydrogen-bond acceptors (Lipinski definition) is 4. The second-order valence-electron chi connectivity index (χ2n) is 5.91. The monoisotopic (exact) mass is 428 g/mol. The zero-order valence-electron chi connectivity index (χ0n) is 14.8. The lowest BCUT2D eigenvalue weighted by molar-refractivity contribution is -0.122. The normalized spacial score (nSPS) is 15.9. The van der Waals surface area contributed by atoms with E-state index in [1.807, 2.05) is 13.8 Å². The number of nitrogens with zero attached hydrogens (tertiary/aromatic N) is 1. The van der Waals surface area contributed by atoms with Crippen LogP contribution in [0.1, 0.15) is 18.1 Å². The van der Waals surface area contributed by atoms with Crippen molar-refractivity contribution >= 4 is 45.5 Å². The highest BCUT2D eigenvalue weighted by Gasteiger charge is 2.36. The molecule has 7 heteroatoms. The Bertz CT molecular complexity index is 951. The molecule has 0 radical (unpaired) electrons. The lowest BCUT2D eigenvalue weighted by Gasteiger charge is -2.26. The third-order valence-corrected chi connectivity index (χ3v) is 4.46. The number of halogens is 1. The van der Waals surface area contributed by atoms with Crippen LogP contribution in [-0.4, -0.2) is 24.5 Å². The van der Waals surface area contributed by atoms with Crippen molar-refractivity contribution in [2.75, 3.05) is 11.5 Å². The van der Waals surface area contributed by atoms with Crippen molar-refractivity contribution in [3.63, 3.8) is 0 Å². The topological polar surface area (TPSA) is 75.7 Å². The number of benzene rings is 2. The predicted octanol–water partition coefficient (Wildman–Crippen LogP) is 3.82. The molecule has 4 amide bonds. The third kappa shape index (κ3) is 3.93. The van der Waals surface area contributed by atoms with E-state index in [-0.39, 0.29) is 5.57 Å². The molecule has 0 unspecified atom stereocenters. The summed E-state index contributed by atoms with van der Waals surface area (Å²) in [6.45, 7) is 4.18. The van der Waals surface area contributed by atoms with Crippen LogP contribution in [-0.2, 0) is 9.59 Å². The van der Waals surface area contributed by atoms with Crippen LogP contribution < -0.4 is 15.0 Å². The molecule has 1 fully saturated rings. The van der Waals surface area contributed by atoms with Gasteiger partial charge >= 0.3 is 6.03 Å². The van der Waals surface area contributed by atoms with Gasteiger partial charge in [-0.25, -0.2) is 9.69 Å². The molecule has 1 N–H and O–H groups in total. The highest BCUT2D eigenvalue weighted by Crippen LogP contribution is 2.28. The van der Waals surface area contributed by atoms with Crippen molar-refractivity contribution in [1.82, 2.24) is 5.32 Å². The van der Waals surface area contributed by atoms with Gasteiger partial charge in [-0.3, -0.25) is 14.9 Å². The van der Waals surface area contributed by atoms with Gasteiger partial charge < -0.3 is 4.74 Å². The number of aryl methyl sites for hydroxylation is 1. The fourth-order valence-electron chi connectivity index (χ4n) is 2.66. The first-order chi connectivity index (χ1) is 12.9. The molecule has 0 spiro atoms. The molecule has 0 saturated carbocycles. The Labute approximate surface area is 164 Å². The van der Waals surface area contributed by atoms with E-state index in [0.29, 0.717) is 23.6 Å². The number of carbonyl (C=O) groups excluding carboxylic acids is 3. The van der Waals surface area contributed by atoms with Gasteiger partial charge in [0, 0.05) is 10.0 Å². The van der Waals surface area contributed by atoms with E-state index >= 15 is 0 Å². The SMILES string of the molecule is CCOc1ccc(Br)cc1/C=C1\C(=O)NC(=O)N(c2ccc(C)cc2)C1=O. The first-order valence-electron chi connectivity index (χ1n) is 8.31. The smallest absolute Gasteiger partial charge is 0.335 e. The van der Waals surface area contributed by atoms with Crippen LogP contribution in [0.5, 0.6) is 5.75 Å². The number of rotatable bonds is 4. The Kier molecular flexibility index (Phi) is 5.41. The second-order valence-corrected chi connectivity index (χ2v) is 6.82. The van der Waals surface area contributed by atoms with Crippen molar-refractivity contribution in [2.45, 2.75) is 13.8 Å². The molecule has 0 atom stereocenters. The molecule has 0 bridgehead atoms. The number of ether oxygens (including phenoxy) is 1. The van der Waals surface area contributed by atoms with Crippen LogP contribution in [0.4, 0.5) is 10.5 Å². The third-order valence-electron chi connectivity index (χ3n) is 3.97. The molecular weight excluding hydrogens is 412 g/mol. The zero-order valence-corrected chi connectivity index (χ0v) is 16.4. The Morgan fingerprint density at radius 2 is 1.81 bits per heavy atom. The van der Waals surface area contributed by atoms with E-state index in [2.05, 4.69) is 21.2 Å². The molecule has 1 saturated heterocycles. The summed E-state index contributed by atoms with van der Waals surface area (Å²) in [6.07, 6.45) is 1.43. The summed E-state index contributed by atoms with van der Waals surface area (Å²) < 4.78 is 6.33. The maximum atomic E-state index is 12.9. The number of anilines is 1. The van der Waals surface area contributed by atoms with Gasteiger partial charge in [-0.15, -0.1) is 0 Å². The molecule has 6 nitrogen and oxygen atoms in total. The van der Waals surface area contributed by atoms with Gasteiger partial charge in [0.25, 0.3) is 11.8 Å². The number of amides is 4. The molecule has 0 aromatic heterocycles. The minimum Gasteiger partial charge on any atom is -0.493 e. The average molecular weight is 429 g/mol. The van der Waals surface area contributed by atoms with Crippen LogP contribution in [0.3, 0.4) is 0 Å². The van der Waals surface area contributed by atoms with Gasteiger partial charge in [0.15, 0.2) is 0 Å². The van der Waals surface area contributed by atoms with Crippen molar-refractivity contribution < 1.29 is 19.1 Å². The summed E-state index contributed by atoms with van der Waals surface area (Å²) in [7, 11) is 0. The lowest BCUT2D eigenvalue weighted by Crippen LogP contribution is -2.54. The molecule has 2 aromatic rings. The largest absolute Gasteiger partial charge is 0.493 e. The zero-order chi connectivity index (χ0) is 19.6. The van der Waals surface area contributed by atoms with Gasteiger partial charge in [0.1, 0.15) is 11.3 Å². The van der Waals surface area contributed by atoms with Crippen LogP contribution in [0.2, 0.25) is 0 Å². The van der Waals surface area contributed by atoms with Crippen LogP contribution in [0.15, 0.2) is 52.5 Å². The quantitative estimate of drug-likeness (QED) is 0.592. The van der Waals surface area contributed by atoms with Gasteiger partial charge in [-0.2, -0.15) is 0 Å². The van der Waals surface area contributed by atoms with Crippen molar-refractivity contribution in [1.29, 1.82) is 0 Å². The Morgan fingerprint density at radius 3 is 2.48 bits per heavy atom. The van der Waals surface area contributed by atoms with Crippen molar-refractivity contribution in [2.24, 2.45) is 0 Å². The Balaban J connectivity index is 2.04. The highest BCUT2D eigenvalue weighted by molar-refractivity contribution is 9.10. The van der Waals surface area contributed by atoms with E-state index < -0.39 is 17.8 Å². The molecule has 1 heterocycles. The first kappa shape index (κ1) is 18.8. The summed E-state index contributed by atoms with van der Waals surface area (Å²) in [6, 6.07) is 11.4. The summed E-state index contributed by atoms with van der Waals surface area (Å²) in [5.74, 6) is -0.890. The van der Waals surface area contributed by atoms with E-state index in [1.54, 1.807) is 42.5 Å². The summed E-state index contributed by atoms with van der Waals surface area (Å²) in [5.41, 5.74) is 1.80. The molecular formula is C20H17BrN2O4. The fraction of sp³-hybridized carbons (Fsp3) is 0.150. The number of barbiturate groups is 1. The number of imide groups is 2. The van der Waals surface area contributed by atoms with Gasteiger partial charge in [0.2, 0.25) is 0 Å². The Morgan fingerprint density at radius 1 is 1.11 bits per heavy atom. The maximum absolute atomic E-state index is 12.9. The minimum atomic E-state index is -0.773. The summed E-state index contributed by atoms with van der Waals surface area (Å²) >= 11 is 3.37. The lowest BCUT2D eigenvalue weighted by atomic mass is 10.1. The molecule has 138 valence electrons. The molecule has 1 aliphatic rings. The van der Waals surface area contributed by atoms with E-state index in [0.717, 1.165) is 14.9 Å². The van der Waals surface area contributed by atoms with Gasteiger partial charge in [-0.05, 0) is 50.3 Å². The highest BCUT2D eigenvalue weighted by atomic mass is 79.9. The van der Waals surface area contributed by atoms with Crippen LogP contribution in [0.25, 0.3) is 6.08 Å². The summed E-state index contributed by atoms with van der Waals surface area (Å²) in [4.78, 5) is 38.4. The van der Waals surface area contributed by atoms with Gasteiger partial charge in [0.05, 0.1) is 12.3 Å². The molecule has 3 rings (SSSR count). The number of nitrogens with one attached hydrogen (secondary N) is 1. The van der Waals surface area contributed by atoms with Crippen molar-refractivity contribution in [3.05, 3.63) is 63.6 Å². The minimum absolute atomic E-state index is 0.144. The average Bonchev–Trinajstić information content (AvgIpc) is 2.62. The van der Waals surface area contributed by atoms with Gasteiger partial charge in [-0.1, -0.05) is 33.6 Å². The first-order valence-corrected chi connectivity index (χ1v) is 9.10. The Hall–Kier alpha value is -2.93. The maximum Gasteiger partial charge on any atom is 0.335 e. The van der Waals surface area contributed by atoms with Crippen LogP contribution in [0, 0.1) is 6.92 Å². The fourth-order valence-corrected chi connectivity index (χ4v) is 3.04.